The first-order valence-corrected chi connectivity index (χ1v) is 10.9. The Morgan fingerprint density at radius 3 is 1.38 bits per heavy atom. The van der Waals surface area contributed by atoms with Gasteiger partial charge in [-0.15, -0.1) is 0 Å². The normalized spacial score (nSPS) is 10.1. The molecule has 0 heterocycles. The molecule has 0 unspecified atom stereocenters. The van der Waals surface area contributed by atoms with Gasteiger partial charge in [-0.1, -0.05) is 48.2 Å². The zero-order chi connectivity index (χ0) is 23.9. The highest BCUT2D eigenvalue weighted by atomic mass is 16.2. The molecule has 4 aromatic rings. The third-order valence-corrected chi connectivity index (χ3v) is 5.51. The number of hydrogen-bond donors (Lipinski definition) is 0. The van der Waals surface area contributed by atoms with E-state index >= 15 is 0 Å². The lowest BCUT2D eigenvalue weighted by Gasteiger charge is -2.17. The van der Waals surface area contributed by atoms with Crippen LogP contribution in [0.1, 0.15) is 31.8 Å². The molecule has 0 radical (unpaired) electrons. The number of benzene rings is 4. The van der Waals surface area contributed by atoms with Crippen molar-refractivity contribution in [2.24, 2.45) is 0 Å². The summed E-state index contributed by atoms with van der Waals surface area (Å²) in [6.07, 6.45) is 0. The fraction of sp³-hybridized carbons (Fsp3) is 0.0667. The highest BCUT2D eigenvalue weighted by molar-refractivity contribution is 6.06. The summed E-state index contributed by atoms with van der Waals surface area (Å²) < 4.78 is 0. The molecule has 0 aliphatic carbocycles. The zero-order valence-electron chi connectivity index (χ0n) is 19.1. The summed E-state index contributed by atoms with van der Waals surface area (Å²) in [5.41, 5.74) is 4.55. The van der Waals surface area contributed by atoms with Crippen LogP contribution in [0.5, 0.6) is 0 Å². The lowest BCUT2D eigenvalue weighted by atomic mass is 10.1. The Labute approximate surface area is 200 Å². The Balaban J connectivity index is 1.42. The Morgan fingerprint density at radius 2 is 0.882 bits per heavy atom. The van der Waals surface area contributed by atoms with E-state index in [-0.39, 0.29) is 11.8 Å². The van der Waals surface area contributed by atoms with Crippen LogP contribution in [0.4, 0.5) is 11.4 Å². The standard InChI is InChI=1S/C30H24N2O2/c1-31(27-11-7-4-8-12-27)30(34)26-19-15-23(16-20-26)13-14-24-17-21-28(22-18-24)32(2)29(33)25-9-5-3-6-10-25/h3-12,15-22H,1-2H3. The lowest BCUT2D eigenvalue weighted by molar-refractivity contribution is 0.0985. The predicted octanol–water partition coefficient (Wildman–Crippen LogP) is 5.64. The quantitative estimate of drug-likeness (QED) is 0.382. The van der Waals surface area contributed by atoms with Crippen molar-refractivity contribution in [3.8, 4) is 11.8 Å². The molecule has 0 spiro atoms. The number of carbonyl (C=O) groups excluding carboxylic acids is 2. The first-order chi connectivity index (χ1) is 16.5. The van der Waals surface area contributed by atoms with Crippen LogP contribution in [0, 0.1) is 11.8 Å². The second-order valence-electron chi connectivity index (χ2n) is 7.80. The molecule has 0 aromatic heterocycles. The third kappa shape index (κ3) is 5.23. The van der Waals surface area contributed by atoms with Crippen molar-refractivity contribution < 1.29 is 9.59 Å². The van der Waals surface area contributed by atoms with Gasteiger partial charge in [0.2, 0.25) is 0 Å². The first-order valence-electron chi connectivity index (χ1n) is 10.9. The molecule has 4 nitrogen and oxygen atoms in total. The molecule has 0 saturated heterocycles. The second kappa shape index (κ2) is 10.3. The van der Waals surface area contributed by atoms with Crippen molar-refractivity contribution in [2.75, 3.05) is 23.9 Å². The number of anilines is 2. The van der Waals surface area contributed by atoms with Gasteiger partial charge >= 0.3 is 0 Å². The van der Waals surface area contributed by atoms with Gasteiger partial charge in [0.25, 0.3) is 11.8 Å². The monoisotopic (exact) mass is 444 g/mol. The minimum absolute atomic E-state index is 0.0630. The zero-order valence-corrected chi connectivity index (χ0v) is 19.1. The third-order valence-electron chi connectivity index (χ3n) is 5.51. The fourth-order valence-corrected chi connectivity index (χ4v) is 3.46. The summed E-state index contributed by atoms with van der Waals surface area (Å²) in [4.78, 5) is 28.6. The Bertz CT molecular complexity index is 1330. The van der Waals surface area contributed by atoms with Gasteiger partial charge in [0.15, 0.2) is 0 Å². The minimum atomic E-state index is -0.0736. The molecule has 34 heavy (non-hydrogen) atoms. The van der Waals surface area contributed by atoms with E-state index in [4.69, 9.17) is 0 Å². The molecule has 4 aromatic carbocycles. The van der Waals surface area contributed by atoms with E-state index < -0.39 is 0 Å². The van der Waals surface area contributed by atoms with Gasteiger partial charge in [-0.25, -0.2) is 0 Å². The van der Waals surface area contributed by atoms with Gasteiger partial charge in [0.05, 0.1) is 0 Å². The Kier molecular flexibility index (Phi) is 6.86. The molecule has 4 rings (SSSR count). The highest BCUT2D eigenvalue weighted by Gasteiger charge is 2.13. The summed E-state index contributed by atoms with van der Waals surface area (Å²) in [7, 11) is 3.52. The summed E-state index contributed by atoms with van der Waals surface area (Å²) in [6, 6.07) is 33.6. The molecule has 0 aliphatic rings. The average molecular weight is 445 g/mol. The maximum Gasteiger partial charge on any atom is 0.258 e. The molecule has 0 aliphatic heterocycles. The van der Waals surface area contributed by atoms with Gasteiger partial charge < -0.3 is 9.80 Å². The molecule has 0 bridgehead atoms. The first kappa shape index (κ1) is 22.6. The van der Waals surface area contributed by atoms with Crippen LogP contribution >= 0.6 is 0 Å². The van der Waals surface area contributed by atoms with Gasteiger partial charge in [0, 0.05) is 47.7 Å². The van der Waals surface area contributed by atoms with Crippen molar-refractivity contribution in [1.29, 1.82) is 0 Å². The molecule has 2 amide bonds. The molecule has 0 N–H and O–H groups in total. The van der Waals surface area contributed by atoms with Crippen LogP contribution in [0.2, 0.25) is 0 Å². The van der Waals surface area contributed by atoms with Crippen molar-refractivity contribution in [2.45, 2.75) is 0 Å². The highest BCUT2D eigenvalue weighted by Crippen LogP contribution is 2.17. The van der Waals surface area contributed by atoms with E-state index in [2.05, 4.69) is 11.8 Å². The predicted molar refractivity (Wildman–Crippen MR) is 137 cm³/mol. The van der Waals surface area contributed by atoms with Crippen LogP contribution < -0.4 is 9.80 Å². The van der Waals surface area contributed by atoms with Crippen LogP contribution in [0.25, 0.3) is 0 Å². The maximum absolute atomic E-state index is 12.7. The summed E-state index contributed by atoms with van der Waals surface area (Å²) in [5.74, 6) is 6.13. The van der Waals surface area contributed by atoms with Crippen LogP contribution in [-0.4, -0.2) is 25.9 Å². The topological polar surface area (TPSA) is 40.6 Å². The van der Waals surface area contributed by atoms with Crippen LogP contribution in [0.3, 0.4) is 0 Å². The van der Waals surface area contributed by atoms with Gasteiger partial charge in [0.1, 0.15) is 0 Å². The van der Waals surface area contributed by atoms with E-state index in [9.17, 15) is 9.59 Å². The van der Waals surface area contributed by atoms with Crippen LogP contribution in [0.15, 0.2) is 109 Å². The van der Waals surface area contributed by atoms with Gasteiger partial charge in [-0.3, -0.25) is 9.59 Å². The van der Waals surface area contributed by atoms with Crippen LogP contribution in [-0.2, 0) is 0 Å². The average Bonchev–Trinajstić information content (AvgIpc) is 2.92. The van der Waals surface area contributed by atoms with Crippen molar-refractivity contribution in [1.82, 2.24) is 0 Å². The summed E-state index contributed by atoms with van der Waals surface area (Å²) >= 11 is 0. The fourth-order valence-electron chi connectivity index (χ4n) is 3.46. The number of carbonyl (C=O) groups is 2. The van der Waals surface area contributed by atoms with E-state index in [0.717, 1.165) is 22.5 Å². The molecular formula is C30H24N2O2. The molecule has 166 valence electrons. The van der Waals surface area contributed by atoms with E-state index in [1.165, 1.54) is 0 Å². The largest absolute Gasteiger partial charge is 0.311 e. The van der Waals surface area contributed by atoms with Crippen molar-refractivity contribution in [3.63, 3.8) is 0 Å². The lowest BCUT2D eigenvalue weighted by Crippen LogP contribution is -2.26. The second-order valence-corrected chi connectivity index (χ2v) is 7.80. The van der Waals surface area contributed by atoms with Gasteiger partial charge in [-0.05, 0) is 72.8 Å². The SMILES string of the molecule is CN(C(=O)c1ccc(C#Cc2ccc(N(C)C(=O)c3ccccc3)cc2)cc1)c1ccccc1. The summed E-state index contributed by atoms with van der Waals surface area (Å²) in [5, 5.41) is 0. The molecular weight excluding hydrogens is 420 g/mol. The number of rotatable bonds is 4. The van der Waals surface area contributed by atoms with E-state index in [1.807, 2.05) is 84.9 Å². The Hall–Kier alpha value is -4.62. The number of nitrogens with zero attached hydrogens (tertiary/aromatic N) is 2. The maximum atomic E-state index is 12.7. The van der Waals surface area contributed by atoms with E-state index in [1.54, 1.807) is 48.2 Å². The molecule has 0 fully saturated rings. The molecule has 4 heteroatoms. The van der Waals surface area contributed by atoms with Crippen molar-refractivity contribution in [3.05, 3.63) is 131 Å². The number of para-hydroxylation sites is 1. The molecule has 0 atom stereocenters. The summed E-state index contributed by atoms with van der Waals surface area (Å²) in [6.45, 7) is 0. The smallest absolute Gasteiger partial charge is 0.258 e. The van der Waals surface area contributed by atoms with Crippen molar-refractivity contribution >= 4 is 23.2 Å². The molecule has 0 saturated carbocycles. The number of amides is 2. The van der Waals surface area contributed by atoms with Gasteiger partial charge in [-0.2, -0.15) is 0 Å². The number of hydrogen-bond acceptors (Lipinski definition) is 2. The minimum Gasteiger partial charge on any atom is -0.311 e. The van der Waals surface area contributed by atoms with E-state index in [0.29, 0.717) is 11.1 Å². The Morgan fingerprint density at radius 1 is 0.500 bits per heavy atom.